The van der Waals surface area contributed by atoms with Crippen LogP contribution in [0.15, 0.2) is 36.4 Å². The molecule has 0 amide bonds. The van der Waals surface area contributed by atoms with Gasteiger partial charge in [-0.15, -0.1) is 0 Å². The fraction of sp³-hybridized carbons (Fsp3) is 0. The SMILES string of the molecule is N#Cc1ccc(-c2ccc(F)cc2)nc1N. The third-order valence-electron chi connectivity index (χ3n) is 2.19. The Labute approximate surface area is 92.0 Å². The zero-order valence-electron chi connectivity index (χ0n) is 8.31. The molecule has 0 saturated heterocycles. The molecule has 2 rings (SSSR count). The monoisotopic (exact) mass is 213 g/mol. The predicted octanol–water partition coefficient (Wildman–Crippen LogP) is 2.34. The average molecular weight is 213 g/mol. The van der Waals surface area contributed by atoms with Crippen LogP contribution in [-0.4, -0.2) is 4.98 Å². The molecule has 0 aliphatic carbocycles. The van der Waals surface area contributed by atoms with Gasteiger partial charge in [0, 0.05) is 5.56 Å². The van der Waals surface area contributed by atoms with Gasteiger partial charge in [0.2, 0.25) is 0 Å². The van der Waals surface area contributed by atoms with Gasteiger partial charge in [0.05, 0.1) is 11.3 Å². The topological polar surface area (TPSA) is 62.7 Å². The molecule has 0 bridgehead atoms. The summed E-state index contributed by atoms with van der Waals surface area (Å²) >= 11 is 0. The van der Waals surface area contributed by atoms with Gasteiger partial charge < -0.3 is 5.73 Å². The summed E-state index contributed by atoms with van der Waals surface area (Å²) in [6.07, 6.45) is 0. The third-order valence-corrected chi connectivity index (χ3v) is 2.19. The first-order valence-corrected chi connectivity index (χ1v) is 4.63. The van der Waals surface area contributed by atoms with Crippen LogP contribution in [0, 0.1) is 17.1 Å². The van der Waals surface area contributed by atoms with E-state index in [9.17, 15) is 4.39 Å². The number of nitrogen functional groups attached to an aromatic ring is 1. The first kappa shape index (κ1) is 10.1. The van der Waals surface area contributed by atoms with Crippen molar-refractivity contribution in [2.24, 2.45) is 0 Å². The fourth-order valence-corrected chi connectivity index (χ4v) is 1.35. The lowest BCUT2D eigenvalue weighted by atomic mass is 10.1. The van der Waals surface area contributed by atoms with Gasteiger partial charge in [-0.05, 0) is 36.4 Å². The van der Waals surface area contributed by atoms with E-state index < -0.39 is 0 Å². The van der Waals surface area contributed by atoms with E-state index in [-0.39, 0.29) is 11.6 Å². The number of hydrogen-bond donors (Lipinski definition) is 1. The first-order chi connectivity index (χ1) is 7.70. The van der Waals surface area contributed by atoms with Crippen LogP contribution in [0.3, 0.4) is 0 Å². The van der Waals surface area contributed by atoms with Gasteiger partial charge in [0.25, 0.3) is 0 Å². The van der Waals surface area contributed by atoms with Gasteiger partial charge in [0.15, 0.2) is 0 Å². The summed E-state index contributed by atoms with van der Waals surface area (Å²) in [4.78, 5) is 4.08. The summed E-state index contributed by atoms with van der Waals surface area (Å²) in [7, 11) is 0. The molecule has 78 valence electrons. The zero-order chi connectivity index (χ0) is 11.5. The van der Waals surface area contributed by atoms with Crippen LogP contribution in [0.4, 0.5) is 10.2 Å². The molecule has 1 aromatic heterocycles. The maximum absolute atomic E-state index is 12.7. The molecule has 3 nitrogen and oxygen atoms in total. The van der Waals surface area contributed by atoms with Crippen molar-refractivity contribution in [1.29, 1.82) is 5.26 Å². The van der Waals surface area contributed by atoms with Gasteiger partial charge in [-0.1, -0.05) is 0 Å². The van der Waals surface area contributed by atoms with E-state index in [1.54, 1.807) is 24.3 Å². The minimum Gasteiger partial charge on any atom is -0.383 e. The molecule has 16 heavy (non-hydrogen) atoms. The van der Waals surface area contributed by atoms with Crippen LogP contribution in [-0.2, 0) is 0 Å². The van der Waals surface area contributed by atoms with E-state index in [1.807, 2.05) is 6.07 Å². The Balaban J connectivity index is 2.46. The number of benzene rings is 1. The van der Waals surface area contributed by atoms with E-state index >= 15 is 0 Å². The fourth-order valence-electron chi connectivity index (χ4n) is 1.35. The molecular weight excluding hydrogens is 205 g/mol. The summed E-state index contributed by atoms with van der Waals surface area (Å²) in [5.74, 6) is -0.116. The Morgan fingerprint density at radius 1 is 1.12 bits per heavy atom. The first-order valence-electron chi connectivity index (χ1n) is 4.63. The zero-order valence-corrected chi connectivity index (χ0v) is 8.31. The standard InChI is InChI=1S/C12H8FN3/c13-10-4-1-8(2-5-10)11-6-3-9(7-14)12(15)16-11/h1-6H,(H2,15,16). The summed E-state index contributed by atoms with van der Waals surface area (Å²) in [5, 5.41) is 8.70. The lowest BCUT2D eigenvalue weighted by Gasteiger charge is -2.02. The number of aromatic nitrogens is 1. The number of pyridine rings is 1. The molecule has 2 N–H and O–H groups in total. The third kappa shape index (κ3) is 1.84. The van der Waals surface area contributed by atoms with Gasteiger partial charge in [0.1, 0.15) is 17.7 Å². The number of nitrogens with two attached hydrogens (primary N) is 1. The van der Waals surface area contributed by atoms with Gasteiger partial charge in [-0.3, -0.25) is 0 Å². The lowest BCUT2D eigenvalue weighted by molar-refractivity contribution is 0.628. The molecule has 0 fully saturated rings. The minimum absolute atomic E-state index is 0.185. The van der Waals surface area contributed by atoms with E-state index in [2.05, 4.69) is 4.98 Å². The second-order valence-electron chi connectivity index (χ2n) is 3.25. The number of rotatable bonds is 1. The molecule has 2 aromatic rings. The molecule has 0 atom stereocenters. The summed E-state index contributed by atoms with van der Waals surface area (Å²) in [6.45, 7) is 0. The maximum atomic E-state index is 12.7. The molecule has 0 unspecified atom stereocenters. The van der Waals surface area contributed by atoms with E-state index in [1.165, 1.54) is 12.1 Å². The van der Waals surface area contributed by atoms with Crippen molar-refractivity contribution in [3.05, 3.63) is 47.8 Å². The normalized spacial score (nSPS) is 9.75. The second-order valence-corrected chi connectivity index (χ2v) is 3.25. The molecule has 0 spiro atoms. The number of nitrogens with zero attached hydrogens (tertiary/aromatic N) is 2. The number of hydrogen-bond acceptors (Lipinski definition) is 3. The number of nitriles is 1. The predicted molar refractivity (Wildman–Crippen MR) is 58.8 cm³/mol. The van der Waals surface area contributed by atoms with Crippen LogP contribution < -0.4 is 5.73 Å². The Bertz CT molecular complexity index is 555. The van der Waals surface area contributed by atoms with Crippen molar-refractivity contribution < 1.29 is 4.39 Å². The van der Waals surface area contributed by atoms with Crippen LogP contribution >= 0.6 is 0 Å². The number of anilines is 1. The molecule has 0 aliphatic heterocycles. The quantitative estimate of drug-likeness (QED) is 0.790. The molecule has 0 aliphatic rings. The van der Waals surface area contributed by atoms with E-state index in [4.69, 9.17) is 11.0 Å². The van der Waals surface area contributed by atoms with Crippen LogP contribution in [0.1, 0.15) is 5.56 Å². The van der Waals surface area contributed by atoms with Gasteiger partial charge in [-0.25, -0.2) is 9.37 Å². The second kappa shape index (κ2) is 3.99. The highest BCUT2D eigenvalue weighted by Gasteiger charge is 2.03. The van der Waals surface area contributed by atoms with Crippen molar-refractivity contribution >= 4 is 5.82 Å². The average Bonchev–Trinajstić information content (AvgIpc) is 2.30. The Kier molecular flexibility index (Phi) is 2.52. The maximum Gasteiger partial charge on any atom is 0.142 e. The van der Waals surface area contributed by atoms with E-state index in [0.29, 0.717) is 11.3 Å². The lowest BCUT2D eigenvalue weighted by Crippen LogP contribution is -1.96. The Morgan fingerprint density at radius 2 is 1.81 bits per heavy atom. The highest BCUT2D eigenvalue weighted by atomic mass is 19.1. The van der Waals surface area contributed by atoms with Crippen molar-refractivity contribution in [3.63, 3.8) is 0 Å². The largest absolute Gasteiger partial charge is 0.383 e. The van der Waals surface area contributed by atoms with Crippen LogP contribution in [0.2, 0.25) is 0 Å². The minimum atomic E-state index is -0.301. The molecular formula is C12H8FN3. The molecule has 1 heterocycles. The van der Waals surface area contributed by atoms with Crippen molar-refractivity contribution in [2.45, 2.75) is 0 Å². The molecule has 0 radical (unpaired) electrons. The van der Waals surface area contributed by atoms with Crippen molar-refractivity contribution in [1.82, 2.24) is 4.98 Å². The van der Waals surface area contributed by atoms with Crippen molar-refractivity contribution in [2.75, 3.05) is 5.73 Å². The molecule has 4 heteroatoms. The molecule has 1 aromatic carbocycles. The molecule has 0 saturated carbocycles. The number of halogens is 1. The highest BCUT2D eigenvalue weighted by molar-refractivity contribution is 5.63. The Morgan fingerprint density at radius 3 is 2.38 bits per heavy atom. The smallest absolute Gasteiger partial charge is 0.142 e. The summed E-state index contributed by atoms with van der Waals surface area (Å²) < 4.78 is 12.7. The van der Waals surface area contributed by atoms with Crippen LogP contribution in [0.25, 0.3) is 11.3 Å². The van der Waals surface area contributed by atoms with Gasteiger partial charge >= 0.3 is 0 Å². The highest BCUT2D eigenvalue weighted by Crippen LogP contribution is 2.20. The van der Waals surface area contributed by atoms with Crippen molar-refractivity contribution in [3.8, 4) is 17.3 Å². The van der Waals surface area contributed by atoms with Crippen LogP contribution in [0.5, 0.6) is 0 Å². The summed E-state index contributed by atoms with van der Waals surface area (Å²) in [5.41, 5.74) is 7.31. The Hall–Kier alpha value is -2.41. The summed E-state index contributed by atoms with van der Waals surface area (Å²) in [6, 6.07) is 11.2. The van der Waals surface area contributed by atoms with E-state index in [0.717, 1.165) is 5.56 Å². The van der Waals surface area contributed by atoms with Gasteiger partial charge in [-0.2, -0.15) is 5.26 Å².